The van der Waals surface area contributed by atoms with Gasteiger partial charge in [0.1, 0.15) is 10.6 Å². The molecule has 1 amide bonds. The molecule has 0 radical (unpaired) electrons. The first-order chi connectivity index (χ1) is 11.3. The van der Waals surface area contributed by atoms with Gasteiger partial charge in [-0.05, 0) is 31.0 Å². The highest BCUT2D eigenvalue weighted by molar-refractivity contribution is 7.89. The lowest BCUT2D eigenvalue weighted by Gasteiger charge is -2.27. The molecule has 1 aliphatic rings. The van der Waals surface area contributed by atoms with Gasteiger partial charge >= 0.3 is 0 Å². The normalized spacial score (nSPS) is 15.5. The van der Waals surface area contributed by atoms with E-state index < -0.39 is 10.0 Å². The average molecular weight is 375 g/mol. The third-order valence-corrected chi connectivity index (χ3v) is 5.95. The van der Waals surface area contributed by atoms with Crippen LogP contribution in [0.5, 0.6) is 5.75 Å². The number of halogens is 1. The van der Waals surface area contributed by atoms with Gasteiger partial charge in [-0.3, -0.25) is 4.79 Å². The second-order valence-electron chi connectivity index (χ2n) is 5.84. The molecule has 1 fully saturated rings. The predicted molar refractivity (Wildman–Crippen MR) is 92.8 cm³/mol. The van der Waals surface area contributed by atoms with E-state index in [1.807, 2.05) is 0 Å². The van der Waals surface area contributed by atoms with Gasteiger partial charge in [0.05, 0.1) is 7.11 Å². The van der Waals surface area contributed by atoms with Crippen molar-refractivity contribution < 1.29 is 17.9 Å². The second-order valence-corrected chi connectivity index (χ2v) is 8.02. The Morgan fingerprint density at radius 3 is 2.62 bits per heavy atom. The van der Waals surface area contributed by atoms with Crippen LogP contribution < -0.4 is 9.46 Å². The summed E-state index contributed by atoms with van der Waals surface area (Å²) < 4.78 is 32.6. The predicted octanol–water partition coefficient (Wildman–Crippen LogP) is 2.42. The Labute approximate surface area is 148 Å². The highest BCUT2D eigenvalue weighted by Gasteiger charge is 2.25. The quantitative estimate of drug-likeness (QED) is 0.795. The lowest BCUT2D eigenvalue weighted by Crippen LogP contribution is -2.42. The first kappa shape index (κ1) is 19.0. The minimum Gasteiger partial charge on any atom is -0.495 e. The number of benzene rings is 1. The van der Waals surface area contributed by atoms with Crippen LogP contribution in [0.3, 0.4) is 0 Å². The Bertz CT molecular complexity index is 687. The molecule has 0 spiro atoms. The third kappa shape index (κ3) is 4.62. The van der Waals surface area contributed by atoms with E-state index in [2.05, 4.69) is 4.72 Å². The number of ether oxygens (including phenoxy) is 1. The fraction of sp³-hybridized carbons (Fsp3) is 0.562. The maximum Gasteiger partial charge on any atom is 0.244 e. The number of nitrogens with one attached hydrogen (secondary N) is 1. The Kier molecular flexibility index (Phi) is 6.48. The van der Waals surface area contributed by atoms with Crippen molar-refractivity contribution in [1.29, 1.82) is 0 Å². The van der Waals surface area contributed by atoms with E-state index in [1.54, 1.807) is 11.0 Å². The number of methoxy groups -OCH3 is 1. The van der Waals surface area contributed by atoms with Gasteiger partial charge in [0, 0.05) is 31.1 Å². The molecule has 6 nitrogen and oxygen atoms in total. The Morgan fingerprint density at radius 2 is 2.04 bits per heavy atom. The van der Waals surface area contributed by atoms with Crippen molar-refractivity contribution in [1.82, 2.24) is 9.62 Å². The van der Waals surface area contributed by atoms with Crippen LogP contribution in [0, 0.1) is 0 Å². The number of hydrogen-bond acceptors (Lipinski definition) is 4. The number of carbonyl (C=O) groups excluding carboxylic acids is 1. The van der Waals surface area contributed by atoms with Crippen molar-refractivity contribution in [3.63, 3.8) is 0 Å². The molecular weight excluding hydrogens is 352 g/mol. The summed E-state index contributed by atoms with van der Waals surface area (Å²) in [6, 6.07) is 4.64. The fourth-order valence-electron chi connectivity index (χ4n) is 3.05. The molecule has 0 atom stereocenters. The molecule has 0 aliphatic heterocycles. The van der Waals surface area contributed by atoms with Crippen LogP contribution in [0.15, 0.2) is 23.1 Å². The number of rotatable bonds is 7. The molecule has 134 valence electrons. The van der Waals surface area contributed by atoms with Gasteiger partial charge in [-0.25, -0.2) is 13.1 Å². The van der Waals surface area contributed by atoms with Gasteiger partial charge in [-0.2, -0.15) is 0 Å². The molecule has 0 unspecified atom stereocenters. The minimum absolute atomic E-state index is 0.00672. The van der Waals surface area contributed by atoms with E-state index in [1.165, 1.54) is 26.2 Å². The zero-order valence-electron chi connectivity index (χ0n) is 13.9. The summed E-state index contributed by atoms with van der Waals surface area (Å²) in [6.45, 7) is 2.02. The molecule has 1 aliphatic carbocycles. The molecule has 24 heavy (non-hydrogen) atoms. The summed E-state index contributed by atoms with van der Waals surface area (Å²) in [7, 11) is -2.37. The molecule has 1 aromatic carbocycles. The van der Waals surface area contributed by atoms with Crippen molar-refractivity contribution in [3.8, 4) is 5.75 Å². The molecule has 1 saturated carbocycles. The molecule has 0 aromatic heterocycles. The largest absolute Gasteiger partial charge is 0.495 e. The van der Waals surface area contributed by atoms with Gasteiger partial charge in [0.15, 0.2) is 0 Å². The zero-order valence-corrected chi connectivity index (χ0v) is 15.5. The van der Waals surface area contributed by atoms with Gasteiger partial charge in [-0.1, -0.05) is 24.4 Å². The molecule has 2 rings (SSSR count). The zero-order chi connectivity index (χ0) is 17.7. The standard InChI is InChI=1S/C16H23ClN2O4S/c1-12(20)19(14-5-3-4-6-14)10-9-18-24(21,22)16-11-13(17)7-8-15(16)23-2/h7-8,11,14,18H,3-6,9-10H2,1-2H3. The van der Waals surface area contributed by atoms with E-state index in [4.69, 9.17) is 16.3 Å². The molecule has 1 N–H and O–H groups in total. The summed E-state index contributed by atoms with van der Waals surface area (Å²) >= 11 is 5.89. The Balaban J connectivity index is 2.04. The molecule has 0 saturated heterocycles. The molecular formula is C16H23ClN2O4S. The van der Waals surface area contributed by atoms with Crippen LogP contribution in [0.25, 0.3) is 0 Å². The van der Waals surface area contributed by atoms with Crippen LogP contribution in [0.4, 0.5) is 0 Å². The monoisotopic (exact) mass is 374 g/mol. The summed E-state index contributed by atoms with van der Waals surface area (Å²) in [4.78, 5) is 13.6. The highest BCUT2D eigenvalue weighted by atomic mass is 35.5. The summed E-state index contributed by atoms with van der Waals surface area (Å²) in [5, 5.41) is 0.312. The topological polar surface area (TPSA) is 75.7 Å². The molecule has 8 heteroatoms. The number of nitrogens with zero attached hydrogens (tertiary/aromatic N) is 1. The second kappa shape index (κ2) is 8.18. The van der Waals surface area contributed by atoms with Gasteiger partial charge < -0.3 is 9.64 Å². The van der Waals surface area contributed by atoms with Crippen molar-refractivity contribution in [2.75, 3.05) is 20.2 Å². The highest BCUT2D eigenvalue weighted by Crippen LogP contribution is 2.27. The van der Waals surface area contributed by atoms with Gasteiger partial charge in [-0.15, -0.1) is 0 Å². The molecule has 0 heterocycles. The van der Waals surface area contributed by atoms with Crippen LogP contribution in [0.2, 0.25) is 5.02 Å². The first-order valence-corrected chi connectivity index (χ1v) is 9.81. The van der Waals surface area contributed by atoms with E-state index in [9.17, 15) is 13.2 Å². The van der Waals surface area contributed by atoms with Crippen LogP contribution in [-0.2, 0) is 14.8 Å². The lowest BCUT2D eigenvalue weighted by molar-refractivity contribution is -0.130. The van der Waals surface area contributed by atoms with E-state index in [-0.39, 0.29) is 29.1 Å². The maximum absolute atomic E-state index is 12.5. The SMILES string of the molecule is COc1ccc(Cl)cc1S(=O)(=O)NCCN(C(C)=O)C1CCCC1. The Morgan fingerprint density at radius 1 is 1.38 bits per heavy atom. The summed E-state index contributed by atoms with van der Waals surface area (Å²) in [5.41, 5.74) is 0. The lowest BCUT2D eigenvalue weighted by atomic mass is 10.2. The molecule has 0 bridgehead atoms. The third-order valence-electron chi connectivity index (χ3n) is 4.23. The van der Waals surface area contributed by atoms with Crippen LogP contribution in [-0.4, -0.2) is 45.5 Å². The summed E-state index contributed by atoms with van der Waals surface area (Å²) in [5.74, 6) is 0.201. The average Bonchev–Trinajstić information content (AvgIpc) is 3.05. The van der Waals surface area contributed by atoms with Gasteiger partial charge in [0.2, 0.25) is 15.9 Å². The Hall–Kier alpha value is -1.31. The molecule has 1 aromatic rings. The van der Waals surface area contributed by atoms with Gasteiger partial charge in [0.25, 0.3) is 0 Å². The van der Waals surface area contributed by atoms with Crippen LogP contribution >= 0.6 is 11.6 Å². The number of hydrogen-bond donors (Lipinski definition) is 1. The number of carbonyl (C=O) groups is 1. The van der Waals surface area contributed by atoms with E-state index >= 15 is 0 Å². The van der Waals surface area contributed by atoms with E-state index in [0.29, 0.717) is 11.6 Å². The van der Waals surface area contributed by atoms with E-state index in [0.717, 1.165) is 25.7 Å². The fourth-order valence-corrected chi connectivity index (χ4v) is 4.50. The van der Waals surface area contributed by atoms with Crippen molar-refractivity contribution in [2.24, 2.45) is 0 Å². The first-order valence-electron chi connectivity index (χ1n) is 7.95. The number of amides is 1. The van der Waals surface area contributed by atoms with Crippen molar-refractivity contribution in [2.45, 2.75) is 43.5 Å². The summed E-state index contributed by atoms with van der Waals surface area (Å²) in [6.07, 6.45) is 4.18. The minimum atomic E-state index is -3.77. The maximum atomic E-state index is 12.5. The van der Waals surface area contributed by atoms with Crippen molar-refractivity contribution >= 4 is 27.5 Å². The van der Waals surface area contributed by atoms with Crippen LogP contribution in [0.1, 0.15) is 32.6 Å². The number of sulfonamides is 1. The smallest absolute Gasteiger partial charge is 0.244 e. The van der Waals surface area contributed by atoms with Crippen molar-refractivity contribution in [3.05, 3.63) is 23.2 Å².